The van der Waals surface area contributed by atoms with E-state index in [-0.39, 0.29) is 17.6 Å². The Morgan fingerprint density at radius 3 is 2.69 bits per heavy atom. The van der Waals surface area contributed by atoms with Crippen LogP contribution in [0.25, 0.3) is 0 Å². The summed E-state index contributed by atoms with van der Waals surface area (Å²) in [7, 11) is 3.72. The molecule has 78 valence electrons. The van der Waals surface area contributed by atoms with Crippen LogP contribution < -0.4 is 0 Å². The van der Waals surface area contributed by atoms with Gasteiger partial charge in [0.2, 0.25) is 0 Å². The second kappa shape index (κ2) is 4.17. The lowest BCUT2D eigenvalue weighted by Gasteiger charge is -2.45. The Hall–Kier alpha value is 0.230. The molecule has 1 N–H and O–H groups in total. The molecule has 1 fully saturated rings. The Morgan fingerprint density at radius 2 is 2.23 bits per heavy atom. The summed E-state index contributed by atoms with van der Waals surface area (Å²) < 4.78 is 5.36. The highest BCUT2D eigenvalue weighted by atomic mass is 32.1. The molecule has 1 saturated heterocycles. The van der Waals surface area contributed by atoms with E-state index in [0.29, 0.717) is 6.04 Å². The second-order valence-corrected chi connectivity index (χ2v) is 4.72. The molecule has 0 saturated carbocycles. The zero-order valence-corrected chi connectivity index (χ0v) is 9.42. The van der Waals surface area contributed by atoms with Gasteiger partial charge in [-0.1, -0.05) is 0 Å². The molecule has 0 radical (unpaired) electrons. The molecule has 1 heterocycles. The number of aliphatic hydroxyl groups excluding tert-OH is 1. The fourth-order valence-corrected chi connectivity index (χ4v) is 2.40. The molecule has 0 spiro atoms. The minimum Gasteiger partial charge on any atom is -0.395 e. The van der Waals surface area contributed by atoms with E-state index >= 15 is 0 Å². The third kappa shape index (κ3) is 2.37. The maximum absolute atomic E-state index is 9.18. The summed E-state index contributed by atoms with van der Waals surface area (Å²) in [6.45, 7) is 2.30. The van der Waals surface area contributed by atoms with E-state index in [4.69, 9.17) is 4.74 Å². The van der Waals surface area contributed by atoms with Gasteiger partial charge in [-0.3, -0.25) is 4.90 Å². The smallest absolute Gasteiger partial charge is 0.113 e. The van der Waals surface area contributed by atoms with Crippen molar-refractivity contribution in [3.8, 4) is 0 Å². The molecule has 3 unspecified atom stereocenters. The number of hydrogen-bond donors (Lipinski definition) is 2. The molecule has 0 aromatic carbocycles. The summed E-state index contributed by atoms with van der Waals surface area (Å²) in [5.41, 5.74) is 0. The Labute approximate surface area is 85.5 Å². The summed E-state index contributed by atoms with van der Waals surface area (Å²) in [5.74, 6) is 0. The molecule has 0 aliphatic carbocycles. The number of aliphatic hydroxyl groups is 1. The monoisotopic (exact) mass is 205 g/mol. The average Bonchev–Trinajstić information content (AvgIpc) is 2.11. The summed E-state index contributed by atoms with van der Waals surface area (Å²) >= 11 is 4.50. The first-order chi connectivity index (χ1) is 6.02. The summed E-state index contributed by atoms with van der Waals surface area (Å²) in [6, 6.07) is 0.574. The van der Waals surface area contributed by atoms with Crippen LogP contribution >= 0.6 is 12.6 Å². The largest absolute Gasteiger partial charge is 0.395 e. The number of hydrogen-bond acceptors (Lipinski definition) is 4. The molecule has 4 heteroatoms. The molecule has 3 atom stereocenters. The van der Waals surface area contributed by atoms with Crippen LogP contribution in [0.15, 0.2) is 0 Å². The van der Waals surface area contributed by atoms with Crippen LogP contribution in [0.3, 0.4) is 0 Å². The minimum absolute atomic E-state index is 0.168. The van der Waals surface area contributed by atoms with Crippen molar-refractivity contribution in [2.75, 3.05) is 20.8 Å². The zero-order valence-electron chi connectivity index (χ0n) is 8.53. The predicted molar refractivity (Wildman–Crippen MR) is 56.1 cm³/mol. The van der Waals surface area contributed by atoms with Crippen LogP contribution in [0.5, 0.6) is 0 Å². The van der Waals surface area contributed by atoms with Crippen molar-refractivity contribution in [1.82, 2.24) is 4.90 Å². The van der Waals surface area contributed by atoms with E-state index in [1.165, 1.54) is 0 Å². The first kappa shape index (κ1) is 11.3. The van der Waals surface area contributed by atoms with Gasteiger partial charge in [0.25, 0.3) is 0 Å². The van der Waals surface area contributed by atoms with Gasteiger partial charge in [0, 0.05) is 32.0 Å². The highest BCUT2D eigenvalue weighted by Gasteiger charge is 2.39. The molecule has 1 aliphatic heterocycles. The van der Waals surface area contributed by atoms with Gasteiger partial charge in [-0.15, -0.1) is 12.6 Å². The Kier molecular flexibility index (Phi) is 3.63. The van der Waals surface area contributed by atoms with Crippen molar-refractivity contribution < 1.29 is 9.84 Å². The van der Waals surface area contributed by atoms with Crippen molar-refractivity contribution in [2.24, 2.45) is 0 Å². The molecule has 1 aliphatic rings. The maximum atomic E-state index is 9.18. The molecule has 1 rings (SSSR count). The highest BCUT2D eigenvalue weighted by molar-refractivity contribution is 7.81. The second-order valence-electron chi connectivity index (χ2n) is 3.91. The predicted octanol–water partition coefficient (Wildman–Crippen LogP) is 0.734. The Morgan fingerprint density at radius 1 is 1.62 bits per heavy atom. The molecule has 13 heavy (non-hydrogen) atoms. The number of likely N-dealkylation sites (N-methyl/N-ethyl adjacent to an activating group) is 1. The van der Waals surface area contributed by atoms with E-state index in [0.717, 1.165) is 12.8 Å². The maximum Gasteiger partial charge on any atom is 0.113 e. The van der Waals surface area contributed by atoms with Crippen molar-refractivity contribution >= 4 is 12.6 Å². The fourth-order valence-electron chi connectivity index (χ4n) is 1.92. The van der Waals surface area contributed by atoms with Crippen LogP contribution in [-0.2, 0) is 4.74 Å². The fraction of sp³-hybridized carbons (Fsp3) is 1.00. The molecule has 0 aromatic heterocycles. The number of methoxy groups -OCH3 is 1. The number of thiol groups is 1. The summed E-state index contributed by atoms with van der Waals surface area (Å²) in [4.78, 5) is 1.83. The van der Waals surface area contributed by atoms with Gasteiger partial charge in [0.05, 0.1) is 6.61 Å². The number of piperidine rings is 1. The number of nitrogens with zero attached hydrogens (tertiary/aromatic N) is 1. The standard InChI is InChI=1S/C9H19NO2S/c1-7-4-9(13,12-3)5-8(6-11)10(7)2/h7-8,11,13H,4-6H2,1-3H3. The van der Waals surface area contributed by atoms with E-state index in [9.17, 15) is 5.11 Å². The number of rotatable bonds is 2. The first-order valence-corrected chi connectivity index (χ1v) is 5.07. The lowest BCUT2D eigenvalue weighted by Crippen LogP contribution is -2.53. The summed E-state index contributed by atoms with van der Waals surface area (Å²) in [5, 5.41) is 9.18. The quantitative estimate of drug-likeness (QED) is 0.515. The van der Waals surface area contributed by atoms with Gasteiger partial charge >= 0.3 is 0 Å². The van der Waals surface area contributed by atoms with Gasteiger partial charge in [-0.25, -0.2) is 0 Å². The third-order valence-corrected chi connectivity index (χ3v) is 3.58. The number of ether oxygens (including phenoxy) is 1. The lowest BCUT2D eigenvalue weighted by atomic mass is 9.94. The lowest BCUT2D eigenvalue weighted by molar-refractivity contribution is -0.0402. The Bertz CT molecular complexity index is 179. The van der Waals surface area contributed by atoms with E-state index < -0.39 is 0 Å². The van der Waals surface area contributed by atoms with Gasteiger partial charge in [-0.2, -0.15) is 0 Å². The molecular weight excluding hydrogens is 186 g/mol. The van der Waals surface area contributed by atoms with Crippen molar-refractivity contribution in [3.63, 3.8) is 0 Å². The molecule has 0 aromatic rings. The van der Waals surface area contributed by atoms with Crippen LogP contribution in [0.1, 0.15) is 19.8 Å². The highest BCUT2D eigenvalue weighted by Crippen LogP contribution is 2.35. The van der Waals surface area contributed by atoms with Gasteiger partial charge in [0.15, 0.2) is 0 Å². The third-order valence-electron chi connectivity index (χ3n) is 3.03. The Balaban J connectivity index is 2.68. The van der Waals surface area contributed by atoms with Gasteiger partial charge < -0.3 is 9.84 Å². The van der Waals surface area contributed by atoms with E-state index in [2.05, 4.69) is 24.5 Å². The zero-order chi connectivity index (χ0) is 10.1. The van der Waals surface area contributed by atoms with Crippen LogP contribution in [0.2, 0.25) is 0 Å². The first-order valence-electron chi connectivity index (χ1n) is 4.63. The summed E-state index contributed by atoms with van der Waals surface area (Å²) in [6.07, 6.45) is 1.68. The van der Waals surface area contributed by atoms with Crippen molar-refractivity contribution in [3.05, 3.63) is 0 Å². The van der Waals surface area contributed by atoms with Crippen molar-refractivity contribution in [2.45, 2.75) is 36.8 Å². The average molecular weight is 205 g/mol. The molecule has 3 nitrogen and oxygen atoms in total. The van der Waals surface area contributed by atoms with Crippen molar-refractivity contribution in [1.29, 1.82) is 0 Å². The SMILES string of the molecule is COC1(S)CC(C)N(C)C(CO)C1. The van der Waals surface area contributed by atoms with E-state index in [1.807, 2.05) is 7.05 Å². The van der Waals surface area contributed by atoms with E-state index in [1.54, 1.807) is 7.11 Å². The molecular formula is C9H19NO2S. The normalized spacial score (nSPS) is 42.2. The minimum atomic E-state index is -0.362. The van der Waals surface area contributed by atoms with Gasteiger partial charge in [-0.05, 0) is 14.0 Å². The van der Waals surface area contributed by atoms with Crippen LogP contribution in [0.4, 0.5) is 0 Å². The van der Waals surface area contributed by atoms with Crippen LogP contribution in [0, 0.1) is 0 Å². The number of likely N-dealkylation sites (tertiary alicyclic amines) is 1. The molecule has 0 amide bonds. The van der Waals surface area contributed by atoms with Gasteiger partial charge in [0.1, 0.15) is 4.93 Å². The topological polar surface area (TPSA) is 32.7 Å². The molecule has 0 bridgehead atoms. The van der Waals surface area contributed by atoms with Crippen LogP contribution in [-0.4, -0.2) is 47.8 Å².